The fraction of sp³-hybridized carbons (Fsp3) is 0.583. The maximum Gasteiger partial charge on any atom is 0.226 e. The molecule has 3 N–H and O–H groups in total. The molecule has 2 aromatic rings. The molecule has 6 nitrogen and oxygen atoms in total. The van der Waals surface area contributed by atoms with Gasteiger partial charge in [-0.2, -0.15) is 21.7 Å². The molecule has 1 atom stereocenters. The van der Waals surface area contributed by atoms with E-state index >= 15 is 0 Å². The number of H-pyrrole nitrogens is 1. The van der Waals surface area contributed by atoms with Gasteiger partial charge in [0.2, 0.25) is 5.95 Å². The van der Waals surface area contributed by atoms with Crippen molar-refractivity contribution in [3.05, 3.63) is 6.33 Å². The van der Waals surface area contributed by atoms with Gasteiger partial charge in [-0.25, -0.2) is 4.98 Å². The molecule has 0 spiro atoms. The number of fused-ring (bicyclic) bond motifs is 1. The summed E-state index contributed by atoms with van der Waals surface area (Å²) in [5.74, 6) is 2.56. The Morgan fingerprint density at radius 2 is 2.26 bits per heavy atom. The summed E-state index contributed by atoms with van der Waals surface area (Å²) in [5, 5.41) is 6.55. The summed E-state index contributed by atoms with van der Waals surface area (Å²) in [6.07, 6.45) is 4.86. The van der Waals surface area contributed by atoms with Crippen LogP contribution in [0.2, 0.25) is 0 Å². The van der Waals surface area contributed by atoms with E-state index in [2.05, 4.69) is 43.7 Å². The highest BCUT2D eigenvalue weighted by atomic mass is 32.2. The number of aromatic nitrogens is 4. The Morgan fingerprint density at radius 1 is 1.42 bits per heavy atom. The van der Waals surface area contributed by atoms with Crippen molar-refractivity contribution in [3.63, 3.8) is 0 Å². The van der Waals surface area contributed by atoms with E-state index in [-0.39, 0.29) is 0 Å². The van der Waals surface area contributed by atoms with Crippen LogP contribution in [0.5, 0.6) is 0 Å². The Labute approximate surface area is 117 Å². The monoisotopic (exact) mass is 280 g/mol. The summed E-state index contributed by atoms with van der Waals surface area (Å²) in [6, 6.07) is 0.364. The zero-order chi connectivity index (χ0) is 13.7. The number of rotatable bonds is 7. The highest BCUT2D eigenvalue weighted by molar-refractivity contribution is 7.98. The van der Waals surface area contributed by atoms with Gasteiger partial charge in [-0.05, 0) is 32.3 Å². The molecule has 7 heteroatoms. The lowest BCUT2D eigenvalue weighted by atomic mass is 10.2. The molecule has 0 radical (unpaired) electrons. The van der Waals surface area contributed by atoms with Gasteiger partial charge in [-0.15, -0.1) is 0 Å². The van der Waals surface area contributed by atoms with Gasteiger partial charge >= 0.3 is 0 Å². The fourth-order valence-corrected chi connectivity index (χ4v) is 2.36. The van der Waals surface area contributed by atoms with Crippen molar-refractivity contribution in [2.45, 2.75) is 26.3 Å². The van der Waals surface area contributed by atoms with E-state index in [4.69, 9.17) is 0 Å². The average Bonchev–Trinajstić information content (AvgIpc) is 2.85. The summed E-state index contributed by atoms with van der Waals surface area (Å²) >= 11 is 1.85. The lowest BCUT2D eigenvalue weighted by molar-refractivity contribution is 0.767. The molecular formula is C12H20N6S. The van der Waals surface area contributed by atoms with Gasteiger partial charge < -0.3 is 15.6 Å². The van der Waals surface area contributed by atoms with Crippen molar-refractivity contribution < 1.29 is 0 Å². The molecular weight excluding hydrogens is 260 g/mol. The second-order valence-corrected chi connectivity index (χ2v) is 5.34. The van der Waals surface area contributed by atoms with E-state index in [9.17, 15) is 0 Å². The van der Waals surface area contributed by atoms with Gasteiger partial charge in [-0.1, -0.05) is 0 Å². The minimum Gasteiger partial charge on any atom is -0.366 e. The smallest absolute Gasteiger partial charge is 0.226 e. The largest absolute Gasteiger partial charge is 0.366 e. The van der Waals surface area contributed by atoms with Crippen molar-refractivity contribution in [1.82, 2.24) is 19.9 Å². The lowest BCUT2D eigenvalue weighted by Gasteiger charge is -2.15. The third kappa shape index (κ3) is 3.50. The zero-order valence-electron chi connectivity index (χ0n) is 11.5. The Balaban J connectivity index is 2.21. The first-order chi connectivity index (χ1) is 9.24. The summed E-state index contributed by atoms with van der Waals surface area (Å²) in [4.78, 5) is 16.1. The van der Waals surface area contributed by atoms with E-state index in [0.717, 1.165) is 30.1 Å². The van der Waals surface area contributed by atoms with E-state index in [0.29, 0.717) is 17.6 Å². The second kappa shape index (κ2) is 6.60. The third-order valence-electron chi connectivity index (χ3n) is 2.76. The summed E-state index contributed by atoms with van der Waals surface area (Å²) in [5.41, 5.74) is 1.54. The molecule has 0 saturated carbocycles. The quantitative estimate of drug-likeness (QED) is 0.722. The lowest BCUT2D eigenvalue weighted by Crippen LogP contribution is -2.18. The Morgan fingerprint density at radius 3 is 3.00 bits per heavy atom. The van der Waals surface area contributed by atoms with Gasteiger partial charge in [-0.3, -0.25) is 0 Å². The Bertz CT molecular complexity index is 526. The number of nitrogens with zero attached hydrogens (tertiary/aromatic N) is 3. The van der Waals surface area contributed by atoms with Crippen LogP contribution in [0.25, 0.3) is 11.2 Å². The van der Waals surface area contributed by atoms with Gasteiger partial charge in [0.1, 0.15) is 5.52 Å². The molecule has 0 bridgehead atoms. The first-order valence-corrected chi connectivity index (χ1v) is 7.84. The number of imidazole rings is 1. The van der Waals surface area contributed by atoms with E-state index < -0.39 is 0 Å². The van der Waals surface area contributed by atoms with Gasteiger partial charge in [0.05, 0.1) is 6.33 Å². The highest BCUT2D eigenvalue weighted by Crippen LogP contribution is 2.20. The summed E-state index contributed by atoms with van der Waals surface area (Å²) < 4.78 is 0. The van der Waals surface area contributed by atoms with Gasteiger partial charge in [0.25, 0.3) is 0 Å². The van der Waals surface area contributed by atoms with E-state index in [1.807, 2.05) is 18.7 Å². The van der Waals surface area contributed by atoms with Crippen LogP contribution in [-0.2, 0) is 0 Å². The highest BCUT2D eigenvalue weighted by Gasteiger charge is 2.11. The average molecular weight is 280 g/mol. The predicted octanol–water partition coefficient (Wildman–Crippen LogP) is 2.34. The molecule has 0 fully saturated rings. The molecule has 0 aromatic carbocycles. The molecule has 2 rings (SSSR count). The number of thioether (sulfide) groups is 1. The number of hydrogen-bond donors (Lipinski definition) is 3. The molecule has 0 aliphatic rings. The van der Waals surface area contributed by atoms with Gasteiger partial charge in [0, 0.05) is 12.6 Å². The minimum absolute atomic E-state index is 0.364. The number of nitrogens with one attached hydrogen (secondary N) is 3. The molecule has 0 aliphatic heterocycles. The van der Waals surface area contributed by atoms with E-state index in [1.54, 1.807) is 6.33 Å². The summed E-state index contributed by atoms with van der Waals surface area (Å²) in [6.45, 7) is 4.97. The molecule has 2 aromatic heterocycles. The van der Waals surface area contributed by atoms with Crippen LogP contribution in [0.4, 0.5) is 11.8 Å². The van der Waals surface area contributed by atoms with Crippen molar-refractivity contribution >= 4 is 34.7 Å². The van der Waals surface area contributed by atoms with Gasteiger partial charge in [0.15, 0.2) is 11.5 Å². The second-order valence-electron chi connectivity index (χ2n) is 4.35. The first-order valence-electron chi connectivity index (χ1n) is 6.45. The predicted molar refractivity (Wildman–Crippen MR) is 81.9 cm³/mol. The van der Waals surface area contributed by atoms with Crippen molar-refractivity contribution in [3.8, 4) is 0 Å². The molecule has 104 valence electrons. The van der Waals surface area contributed by atoms with Crippen molar-refractivity contribution in [2.75, 3.05) is 29.2 Å². The molecule has 1 unspecified atom stereocenters. The van der Waals surface area contributed by atoms with Crippen LogP contribution in [-0.4, -0.2) is 44.5 Å². The standard InChI is InChI=1S/C12H20N6S/c1-4-13-12-17-10-9(14-7-15-10)11(18-12)16-8(2)5-6-19-3/h7-8H,4-6H2,1-3H3,(H3,13,14,15,16,17,18). The molecule has 0 amide bonds. The van der Waals surface area contributed by atoms with Crippen LogP contribution in [0.3, 0.4) is 0 Å². The zero-order valence-corrected chi connectivity index (χ0v) is 12.3. The molecule has 0 saturated heterocycles. The van der Waals surface area contributed by atoms with E-state index in [1.165, 1.54) is 0 Å². The van der Waals surface area contributed by atoms with Crippen LogP contribution < -0.4 is 10.6 Å². The number of aromatic amines is 1. The normalized spacial score (nSPS) is 12.6. The topological polar surface area (TPSA) is 78.5 Å². The third-order valence-corrected chi connectivity index (χ3v) is 3.40. The van der Waals surface area contributed by atoms with Crippen molar-refractivity contribution in [1.29, 1.82) is 0 Å². The van der Waals surface area contributed by atoms with Crippen molar-refractivity contribution in [2.24, 2.45) is 0 Å². The SMILES string of the molecule is CCNc1nc(NC(C)CCSC)c2[nH]cnc2n1. The fourth-order valence-electron chi connectivity index (χ4n) is 1.78. The van der Waals surface area contributed by atoms with Crippen LogP contribution in [0.1, 0.15) is 20.3 Å². The molecule has 0 aliphatic carbocycles. The number of hydrogen-bond acceptors (Lipinski definition) is 6. The minimum atomic E-state index is 0.364. The summed E-state index contributed by atoms with van der Waals surface area (Å²) in [7, 11) is 0. The Kier molecular flexibility index (Phi) is 4.84. The Hall–Kier alpha value is -1.50. The maximum atomic E-state index is 4.50. The van der Waals surface area contributed by atoms with Crippen LogP contribution in [0, 0.1) is 0 Å². The molecule has 2 heterocycles. The maximum absolute atomic E-state index is 4.50. The number of anilines is 2. The van der Waals surface area contributed by atoms with Crippen LogP contribution >= 0.6 is 11.8 Å². The van der Waals surface area contributed by atoms with Crippen LogP contribution in [0.15, 0.2) is 6.33 Å². The first kappa shape index (κ1) is 13.9. The molecule has 19 heavy (non-hydrogen) atoms.